The van der Waals surface area contributed by atoms with Crippen molar-refractivity contribution in [1.82, 2.24) is 5.32 Å². The molecule has 5 nitrogen and oxygen atoms in total. The molecule has 0 radical (unpaired) electrons. The normalized spacial score (nSPS) is 10.2. The number of ether oxygens (including phenoxy) is 3. The summed E-state index contributed by atoms with van der Waals surface area (Å²) in [5, 5.41) is 2.81. The summed E-state index contributed by atoms with van der Waals surface area (Å²) < 4.78 is 16.2. The first-order valence-corrected chi connectivity index (χ1v) is 8.46. The summed E-state index contributed by atoms with van der Waals surface area (Å²) in [6.45, 7) is 3.34. The number of hydrogen-bond acceptors (Lipinski definition) is 4. The van der Waals surface area contributed by atoms with Gasteiger partial charge in [0.25, 0.3) is 0 Å². The van der Waals surface area contributed by atoms with Crippen LogP contribution in [0.1, 0.15) is 18.9 Å². The highest BCUT2D eigenvalue weighted by Gasteiger charge is 2.02. The topological polar surface area (TPSA) is 56.8 Å². The first-order valence-electron chi connectivity index (χ1n) is 8.46. The maximum atomic E-state index is 11.8. The van der Waals surface area contributed by atoms with Gasteiger partial charge in [-0.3, -0.25) is 4.79 Å². The van der Waals surface area contributed by atoms with Crippen molar-refractivity contribution >= 4 is 5.91 Å². The van der Waals surface area contributed by atoms with Gasteiger partial charge >= 0.3 is 0 Å². The summed E-state index contributed by atoms with van der Waals surface area (Å²) in [5.74, 6) is 2.26. The quantitative estimate of drug-likeness (QED) is 0.673. The van der Waals surface area contributed by atoms with E-state index >= 15 is 0 Å². The minimum atomic E-state index is -0.0523. The lowest BCUT2D eigenvalue weighted by Crippen LogP contribution is -2.29. The van der Waals surface area contributed by atoms with Crippen molar-refractivity contribution < 1.29 is 19.0 Å². The Morgan fingerprint density at radius 3 is 2.04 bits per heavy atom. The second kappa shape index (κ2) is 10.2. The monoisotopic (exact) mass is 343 g/mol. The molecule has 0 saturated carbocycles. The van der Waals surface area contributed by atoms with Crippen LogP contribution in [0.2, 0.25) is 0 Å². The lowest BCUT2D eigenvalue weighted by atomic mass is 10.2. The van der Waals surface area contributed by atoms with E-state index in [1.54, 1.807) is 7.11 Å². The van der Waals surface area contributed by atoms with Crippen LogP contribution in [-0.2, 0) is 11.2 Å². The summed E-state index contributed by atoms with van der Waals surface area (Å²) in [7, 11) is 1.62. The number of hydrogen-bond donors (Lipinski definition) is 1. The van der Waals surface area contributed by atoms with Gasteiger partial charge in [0.1, 0.15) is 23.9 Å². The van der Waals surface area contributed by atoms with Crippen LogP contribution < -0.4 is 19.5 Å². The molecule has 0 spiro atoms. The van der Waals surface area contributed by atoms with Crippen molar-refractivity contribution in [3.05, 3.63) is 54.1 Å². The summed E-state index contributed by atoms with van der Waals surface area (Å²) in [6.07, 6.45) is 1.32. The van der Waals surface area contributed by atoms with Crippen molar-refractivity contribution in [2.45, 2.75) is 19.8 Å². The van der Waals surface area contributed by atoms with Crippen LogP contribution in [0.5, 0.6) is 17.2 Å². The SMILES string of the molecule is CCc1ccc(OCCC(=O)NCCOc2ccc(OC)cc2)cc1. The van der Waals surface area contributed by atoms with E-state index in [1.807, 2.05) is 48.5 Å². The van der Waals surface area contributed by atoms with E-state index in [1.165, 1.54) is 5.56 Å². The molecule has 0 unspecified atom stereocenters. The molecule has 0 saturated heterocycles. The molecule has 5 heteroatoms. The number of benzene rings is 2. The molecule has 25 heavy (non-hydrogen) atoms. The van der Waals surface area contributed by atoms with Gasteiger partial charge in [0.15, 0.2) is 0 Å². The predicted molar refractivity (Wildman–Crippen MR) is 97.4 cm³/mol. The van der Waals surface area contributed by atoms with Crippen LogP contribution in [0.25, 0.3) is 0 Å². The summed E-state index contributed by atoms with van der Waals surface area (Å²) >= 11 is 0. The van der Waals surface area contributed by atoms with Gasteiger partial charge in [0, 0.05) is 0 Å². The highest BCUT2D eigenvalue weighted by molar-refractivity contribution is 5.75. The van der Waals surface area contributed by atoms with Crippen LogP contribution in [-0.4, -0.2) is 32.8 Å². The van der Waals surface area contributed by atoms with E-state index in [0.717, 1.165) is 23.7 Å². The zero-order valence-corrected chi connectivity index (χ0v) is 14.8. The minimum Gasteiger partial charge on any atom is -0.497 e. The van der Waals surface area contributed by atoms with Crippen molar-refractivity contribution in [1.29, 1.82) is 0 Å². The molecule has 2 rings (SSSR count). The predicted octanol–water partition coefficient (Wildman–Crippen LogP) is 3.22. The lowest BCUT2D eigenvalue weighted by molar-refractivity contribution is -0.121. The minimum absolute atomic E-state index is 0.0523. The van der Waals surface area contributed by atoms with Gasteiger partial charge in [-0.25, -0.2) is 0 Å². The number of aryl methyl sites for hydroxylation is 1. The zero-order valence-electron chi connectivity index (χ0n) is 14.8. The molecule has 0 aromatic heterocycles. The number of methoxy groups -OCH3 is 1. The first kappa shape index (κ1) is 18.6. The molecule has 1 amide bonds. The van der Waals surface area contributed by atoms with Crippen molar-refractivity contribution in [3.8, 4) is 17.2 Å². The third kappa shape index (κ3) is 6.75. The molecule has 134 valence electrons. The molecule has 0 atom stereocenters. The summed E-state index contributed by atoms with van der Waals surface area (Å²) in [5.41, 5.74) is 1.27. The zero-order chi connectivity index (χ0) is 17.9. The molecule has 0 aliphatic carbocycles. The Morgan fingerprint density at radius 2 is 1.44 bits per heavy atom. The average molecular weight is 343 g/mol. The number of nitrogens with one attached hydrogen (secondary N) is 1. The van der Waals surface area contributed by atoms with Crippen molar-refractivity contribution in [2.75, 3.05) is 26.9 Å². The number of carbonyl (C=O) groups is 1. The highest BCUT2D eigenvalue weighted by atomic mass is 16.5. The molecule has 2 aromatic carbocycles. The maximum absolute atomic E-state index is 11.8. The van der Waals surface area contributed by atoms with E-state index in [9.17, 15) is 4.79 Å². The standard InChI is InChI=1S/C20H25NO4/c1-3-16-4-6-18(7-5-16)24-14-12-20(22)21-13-15-25-19-10-8-17(23-2)9-11-19/h4-11H,3,12-15H2,1-2H3,(H,21,22). The Balaban J connectivity index is 1.57. The second-order valence-electron chi connectivity index (χ2n) is 5.47. The van der Waals surface area contributed by atoms with E-state index in [0.29, 0.717) is 26.2 Å². The fraction of sp³-hybridized carbons (Fsp3) is 0.350. The van der Waals surface area contributed by atoms with E-state index < -0.39 is 0 Å². The maximum Gasteiger partial charge on any atom is 0.223 e. The fourth-order valence-electron chi connectivity index (χ4n) is 2.20. The smallest absolute Gasteiger partial charge is 0.223 e. The van der Waals surface area contributed by atoms with Crippen LogP contribution in [0, 0.1) is 0 Å². The molecular formula is C20H25NO4. The molecule has 0 heterocycles. The summed E-state index contributed by atoms with van der Waals surface area (Å²) in [6, 6.07) is 15.3. The van der Waals surface area contributed by atoms with E-state index in [4.69, 9.17) is 14.2 Å². The van der Waals surface area contributed by atoms with Crippen LogP contribution in [0.4, 0.5) is 0 Å². The van der Waals surface area contributed by atoms with Gasteiger partial charge in [-0.15, -0.1) is 0 Å². The van der Waals surface area contributed by atoms with Crippen molar-refractivity contribution in [2.24, 2.45) is 0 Å². The summed E-state index contributed by atoms with van der Waals surface area (Å²) in [4.78, 5) is 11.8. The van der Waals surface area contributed by atoms with Crippen LogP contribution in [0.15, 0.2) is 48.5 Å². The van der Waals surface area contributed by atoms with Gasteiger partial charge in [0.2, 0.25) is 5.91 Å². The Morgan fingerprint density at radius 1 is 0.880 bits per heavy atom. The second-order valence-corrected chi connectivity index (χ2v) is 5.47. The first-order chi connectivity index (χ1) is 12.2. The molecule has 2 aromatic rings. The largest absolute Gasteiger partial charge is 0.497 e. The lowest BCUT2D eigenvalue weighted by Gasteiger charge is -2.09. The van der Waals surface area contributed by atoms with Gasteiger partial charge in [0.05, 0.1) is 26.7 Å². The third-order valence-corrected chi connectivity index (χ3v) is 3.68. The average Bonchev–Trinajstić information content (AvgIpc) is 2.66. The molecule has 0 aliphatic heterocycles. The third-order valence-electron chi connectivity index (χ3n) is 3.68. The van der Waals surface area contributed by atoms with Gasteiger partial charge < -0.3 is 19.5 Å². The molecule has 1 N–H and O–H groups in total. The van der Waals surface area contributed by atoms with E-state index in [-0.39, 0.29) is 5.91 Å². The molecule has 0 fully saturated rings. The number of amides is 1. The van der Waals surface area contributed by atoms with Gasteiger partial charge in [-0.05, 0) is 48.4 Å². The number of carbonyl (C=O) groups excluding carboxylic acids is 1. The Labute approximate surface area is 148 Å². The van der Waals surface area contributed by atoms with Gasteiger partial charge in [-0.1, -0.05) is 19.1 Å². The Hall–Kier alpha value is -2.69. The molecule has 0 aliphatic rings. The van der Waals surface area contributed by atoms with Gasteiger partial charge in [-0.2, -0.15) is 0 Å². The Kier molecular flexibility index (Phi) is 7.63. The van der Waals surface area contributed by atoms with Crippen LogP contribution >= 0.6 is 0 Å². The number of rotatable bonds is 10. The van der Waals surface area contributed by atoms with Crippen molar-refractivity contribution in [3.63, 3.8) is 0 Å². The van der Waals surface area contributed by atoms with Crippen LogP contribution in [0.3, 0.4) is 0 Å². The fourth-order valence-corrected chi connectivity index (χ4v) is 2.20. The molecule has 0 bridgehead atoms. The van der Waals surface area contributed by atoms with E-state index in [2.05, 4.69) is 12.2 Å². The molecular weight excluding hydrogens is 318 g/mol. The Bertz CT molecular complexity index is 638. The highest BCUT2D eigenvalue weighted by Crippen LogP contribution is 2.16.